The van der Waals surface area contributed by atoms with E-state index < -0.39 is 23.8 Å². The molecule has 0 fully saturated rings. The molecule has 0 heterocycles. The molecule has 1 atom stereocenters. The second kappa shape index (κ2) is 6.46. The van der Waals surface area contributed by atoms with Gasteiger partial charge >= 0.3 is 5.97 Å². The fourth-order valence-electron chi connectivity index (χ4n) is 1.25. The van der Waals surface area contributed by atoms with E-state index in [9.17, 15) is 14.0 Å². The third-order valence-corrected chi connectivity index (χ3v) is 2.84. The molecule has 1 amide bonds. The summed E-state index contributed by atoms with van der Waals surface area (Å²) in [5, 5.41) is 19.7. The van der Waals surface area contributed by atoms with Gasteiger partial charge in [-0.3, -0.25) is 4.79 Å². The molecular formula is C11H11BrFNO4. The van der Waals surface area contributed by atoms with Gasteiger partial charge in [0.05, 0.1) is 5.56 Å². The van der Waals surface area contributed by atoms with Crippen molar-refractivity contribution >= 4 is 27.8 Å². The summed E-state index contributed by atoms with van der Waals surface area (Å²) in [6.45, 7) is -0.0624. The maximum absolute atomic E-state index is 13.4. The fraction of sp³-hybridized carbons (Fsp3) is 0.273. The standard InChI is InChI=1S/C11H11BrFNO4/c12-6-2-1-3-7(13)9(6)10(16)14-5-4-8(15)11(17)18/h1-3,8,15H,4-5H2,(H,14,16)(H,17,18). The molecule has 0 saturated carbocycles. The summed E-state index contributed by atoms with van der Waals surface area (Å²) in [6, 6.07) is 4.11. The third kappa shape index (κ3) is 3.78. The molecule has 0 saturated heterocycles. The Balaban J connectivity index is 2.59. The van der Waals surface area contributed by atoms with E-state index in [2.05, 4.69) is 21.2 Å². The number of rotatable bonds is 5. The molecule has 98 valence electrons. The van der Waals surface area contributed by atoms with E-state index >= 15 is 0 Å². The average molecular weight is 320 g/mol. The molecule has 0 aromatic heterocycles. The highest BCUT2D eigenvalue weighted by molar-refractivity contribution is 9.10. The van der Waals surface area contributed by atoms with Crippen molar-refractivity contribution in [2.75, 3.05) is 6.54 Å². The number of carboxylic acids is 1. The lowest BCUT2D eigenvalue weighted by molar-refractivity contribution is -0.146. The number of carbonyl (C=O) groups excluding carboxylic acids is 1. The molecule has 0 aliphatic heterocycles. The number of aliphatic carboxylic acids is 1. The van der Waals surface area contributed by atoms with Gasteiger partial charge < -0.3 is 15.5 Å². The molecule has 5 nitrogen and oxygen atoms in total. The van der Waals surface area contributed by atoms with Gasteiger partial charge in [-0.25, -0.2) is 9.18 Å². The molecule has 0 spiro atoms. The van der Waals surface area contributed by atoms with Crippen LogP contribution in [0.1, 0.15) is 16.8 Å². The minimum Gasteiger partial charge on any atom is -0.479 e. The molecule has 0 bridgehead atoms. The zero-order chi connectivity index (χ0) is 13.7. The van der Waals surface area contributed by atoms with Gasteiger partial charge in [0.25, 0.3) is 5.91 Å². The maximum Gasteiger partial charge on any atom is 0.332 e. The van der Waals surface area contributed by atoms with Gasteiger partial charge in [0.1, 0.15) is 5.82 Å². The van der Waals surface area contributed by atoms with Crippen molar-refractivity contribution in [2.24, 2.45) is 0 Å². The predicted molar refractivity (Wildman–Crippen MR) is 64.7 cm³/mol. The molecule has 1 aromatic rings. The minimum absolute atomic E-state index is 0.0624. The largest absolute Gasteiger partial charge is 0.479 e. The molecule has 1 rings (SSSR count). The van der Waals surface area contributed by atoms with Crippen LogP contribution in [-0.2, 0) is 4.79 Å². The topological polar surface area (TPSA) is 86.6 Å². The Bertz CT molecular complexity index is 446. The Hall–Kier alpha value is -1.47. The molecule has 3 N–H and O–H groups in total. The first-order valence-corrected chi connectivity index (χ1v) is 5.86. The lowest BCUT2D eigenvalue weighted by Crippen LogP contribution is -2.30. The Morgan fingerprint density at radius 1 is 1.44 bits per heavy atom. The van der Waals surface area contributed by atoms with Gasteiger partial charge in [0.15, 0.2) is 6.10 Å². The first-order chi connectivity index (χ1) is 8.43. The highest BCUT2D eigenvalue weighted by Gasteiger charge is 2.17. The van der Waals surface area contributed by atoms with Crippen LogP contribution in [0, 0.1) is 5.82 Å². The summed E-state index contributed by atoms with van der Waals surface area (Å²) in [7, 11) is 0. The molecule has 0 radical (unpaired) electrons. The highest BCUT2D eigenvalue weighted by atomic mass is 79.9. The monoisotopic (exact) mass is 319 g/mol. The first-order valence-electron chi connectivity index (χ1n) is 5.06. The molecule has 18 heavy (non-hydrogen) atoms. The normalized spacial score (nSPS) is 11.9. The fourth-order valence-corrected chi connectivity index (χ4v) is 1.77. The number of hydrogen-bond donors (Lipinski definition) is 3. The minimum atomic E-state index is -1.55. The van der Waals surface area contributed by atoms with Crippen LogP contribution >= 0.6 is 15.9 Å². The number of aliphatic hydroxyl groups excluding tert-OH is 1. The Morgan fingerprint density at radius 3 is 2.67 bits per heavy atom. The average Bonchev–Trinajstić information content (AvgIpc) is 2.28. The van der Waals surface area contributed by atoms with Gasteiger partial charge in [0, 0.05) is 17.4 Å². The highest BCUT2D eigenvalue weighted by Crippen LogP contribution is 2.19. The van der Waals surface area contributed by atoms with Crippen LogP contribution < -0.4 is 5.32 Å². The van der Waals surface area contributed by atoms with Crippen molar-refractivity contribution in [3.63, 3.8) is 0 Å². The van der Waals surface area contributed by atoms with E-state index in [1.807, 2.05) is 0 Å². The van der Waals surface area contributed by atoms with Crippen molar-refractivity contribution in [2.45, 2.75) is 12.5 Å². The number of nitrogens with one attached hydrogen (secondary N) is 1. The second-order valence-electron chi connectivity index (χ2n) is 3.50. The number of carbonyl (C=O) groups is 2. The second-order valence-corrected chi connectivity index (χ2v) is 4.35. The summed E-state index contributed by atoms with van der Waals surface area (Å²) in [5.74, 6) is -2.71. The molecular weight excluding hydrogens is 309 g/mol. The summed E-state index contributed by atoms with van der Waals surface area (Å²) in [4.78, 5) is 22.0. The van der Waals surface area contributed by atoms with Crippen molar-refractivity contribution < 1.29 is 24.2 Å². The van der Waals surface area contributed by atoms with E-state index in [0.717, 1.165) is 6.07 Å². The van der Waals surface area contributed by atoms with E-state index in [-0.39, 0.29) is 18.5 Å². The number of hydrogen-bond acceptors (Lipinski definition) is 3. The van der Waals surface area contributed by atoms with Crippen molar-refractivity contribution in [3.8, 4) is 0 Å². The Morgan fingerprint density at radius 2 is 2.11 bits per heavy atom. The van der Waals surface area contributed by atoms with Crippen molar-refractivity contribution in [3.05, 3.63) is 34.1 Å². The first kappa shape index (κ1) is 14.6. The van der Waals surface area contributed by atoms with Gasteiger partial charge in [0.2, 0.25) is 0 Å². The zero-order valence-corrected chi connectivity index (χ0v) is 10.8. The molecule has 0 aliphatic rings. The number of aliphatic hydroxyl groups is 1. The molecule has 1 aromatic carbocycles. The number of amides is 1. The number of benzene rings is 1. The van der Waals surface area contributed by atoms with E-state index in [1.54, 1.807) is 0 Å². The van der Waals surface area contributed by atoms with Crippen LogP contribution in [0.4, 0.5) is 4.39 Å². The zero-order valence-electron chi connectivity index (χ0n) is 9.19. The van der Waals surface area contributed by atoms with Crippen LogP contribution in [0.15, 0.2) is 22.7 Å². The lowest BCUT2D eigenvalue weighted by atomic mass is 10.2. The maximum atomic E-state index is 13.4. The quantitative estimate of drug-likeness (QED) is 0.760. The predicted octanol–water partition coefficient (Wildman–Crippen LogP) is 1.15. The smallest absolute Gasteiger partial charge is 0.332 e. The van der Waals surface area contributed by atoms with E-state index in [0.29, 0.717) is 4.47 Å². The van der Waals surface area contributed by atoms with Crippen LogP contribution in [0.25, 0.3) is 0 Å². The summed E-state index contributed by atoms with van der Waals surface area (Å²) >= 11 is 3.05. The van der Waals surface area contributed by atoms with Crippen molar-refractivity contribution in [1.29, 1.82) is 0 Å². The van der Waals surface area contributed by atoms with Crippen LogP contribution in [-0.4, -0.2) is 34.7 Å². The lowest BCUT2D eigenvalue weighted by Gasteiger charge is -2.09. The Kier molecular flexibility index (Phi) is 5.24. The third-order valence-electron chi connectivity index (χ3n) is 2.18. The summed E-state index contributed by atoms with van der Waals surface area (Å²) in [6.07, 6.45) is -1.69. The van der Waals surface area contributed by atoms with Gasteiger partial charge in [-0.1, -0.05) is 6.07 Å². The molecule has 0 aliphatic carbocycles. The van der Waals surface area contributed by atoms with Gasteiger partial charge in [-0.15, -0.1) is 0 Å². The van der Waals surface area contributed by atoms with E-state index in [1.165, 1.54) is 12.1 Å². The van der Waals surface area contributed by atoms with Gasteiger partial charge in [-0.2, -0.15) is 0 Å². The summed E-state index contributed by atoms with van der Waals surface area (Å²) < 4.78 is 13.7. The summed E-state index contributed by atoms with van der Waals surface area (Å²) in [5.41, 5.74) is -0.151. The molecule has 1 unspecified atom stereocenters. The molecule has 7 heteroatoms. The van der Waals surface area contributed by atoms with E-state index in [4.69, 9.17) is 10.2 Å². The number of carboxylic acid groups (broad SMARTS) is 1. The number of halogens is 2. The Labute approximate surface area is 111 Å². The van der Waals surface area contributed by atoms with Crippen LogP contribution in [0.5, 0.6) is 0 Å². The van der Waals surface area contributed by atoms with Crippen molar-refractivity contribution in [1.82, 2.24) is 5.32 Å². The van der Waals surface area contributed by atoms with Crippen LogP contribution in [0.2, 0.25) is 0 Å². The van der Waals surface area contributed by atoms with Gasteiger partial charge in [-0.05, 0) is 28.1 Å². The van der Waals surface area contributed by atoms with Crippen LogP contribution in [0.3, 0.4) is 0 Å². The SMILES string of the molecule is O=C(NCCC(O)C(=O)O)c1c(F)cccc1Br.